The van der Waals surface area contributed by atoms with Crippen molar-refractivity contribution in [2.24, 2.45) is 21.1 Å². The number of rotatable bonds is 2. The molecule has 0 bridgehead atoms. The van der Waals surface area contributed by atoms with Gasteiger partial charge in [-0.15, -0.1) is 0 Å². The lowest BCUT2D eigenvalue weighted by Gasteiger charge is -2.07. The Morgan fingerprint density at radius 3 is 2.56 bits per heavy atom. The van der Waals surface area contributed by atoms with Gasteiger partial charge in [-0.1, -0.05) is 0 Å². The minimum absolute atomic E-state index is 0.246. The number of aromatic nitrogens is 8. The van der Waals surface area contributed by atoms with Gasteiger partial charge < -0.3 is 4.57 Å². The highest BCUT2D eigenvalue weighted by atomic mass is 32.2. The van der Waals surface area contributed by atoms with Gasteiger partial charge in [0.15, 0.2) is 16.3 Å². The molecule has 0 atom stereocenters. The van der Waals surface area contributed by atoms with E-state index in [1.807, 2.05) is 13.0 Å². The Bertz CT molecular complexity index is 1260. The molecule has 0 saturated carbocycles. The Labute approximate surface area is 144 Å². The first-order valence-electron chi connectivity index (χ1n) is 7.36. The van der Waals surface area contributed by atoms with Gasteiger partial charge in [-0.05, 0) is 24.8 Å². The van der Waals surface area contributed by atoms with Gasteiger partial charge in [0.05, 0.1) is 0 Å². The van der Waals surface area contributed by atoms with Gasteiger partial charge >= 0.3 is 5.69 Å². The van der Waals surface area contributed by atoms with Crippen LogP contribution >= 0.6 is 11.8 Å². The maximum absolute atomic E-state index is 12.4. The van der Waals surface area contributed by atoms with Gasteiger partial charge in [-0.2, -0.15) is 14.6 Å². The maximum Gasteiger partial charge on any atom is 0.332 e. The average Bonchev–Trinajstić information content (AvgIpc) is 3.16. The van der Waals surface area contributed by atoms with Crippen molar-refractivity contribution < 1.29 is 0 Å². The number of hydrogen-bond acceptors (Lipinski definition) is 7. The van der Waals surface area contributed by atoms with Crippen molar-refractivity contribution in [1.82, 2.24) is 38.3 Å². The summed E-state index contributed by atoms with van der Waals surface area (Å²) in [5.74, 6) is 0.490. The molecule has 128 valence electrons. The summed E-state index contributed by atoms with van der Waals surface area (Å²) in [5, 5.41) is 5.50. The zero-order valence-electron chi connectivity index (χ0n) is 14.0. The minimum atomic E-state index is -0.419. The van der Waals surface area contributed by atoms with Crippen molar-refractivity contribution >= 4 is 28.7 Å². The molecule has 25 heavy (non-hydrogen) atoms. The van der Waals surface area contributed by atoms with E-state index in [2.05, 4.69) is 20.1 Å². The van der Waals surface area contributed by atoms with Crippen LogP contribution in [0.2, 0.25) is 0 Å². The SMILES string of the molecule is Cc1cc(Sc2nc3c(=O)n(C)c(=O)n(C)c3n2C)n2ncnc2n1. The van der Waals surface area contributed by atoms with E-state index in [1.54, 1.807) is 23.2 Å². The third-order valence-corrected chi connectivity index (χ3v) is 5.01. The van der Waals surface area contributed by atoms with E-state index < -0.39 is 11.2 Å². The molecule has 0 aliphatic carbocycles. The topological polar surface area (TPSA) is 105 Å². The Kier molecular flexibility index (Phi) is 3.29. The van der Waals surface area contributed by atoms with E-state index in [-0.39, 0.29) is 5.52 Å². The normalized spacial score (nSPS) is 11.7. The second kappa shape index (κ2) is 5.28. The van der Waals surface area contributed by atoms with Gasteiger partial charge in [0, 0.05) is 26.8 Å². The summed E-state index contributed by atoms with van der Waals surface area (Å²) in [7, 11) is 4.83. The van der Waals surface area contributed by atoms with Crippen molar-refractivity contribution in [2.75, 3.05) is 0 Å². The summed E-state index contributed by atoms with van der Waals surface area (Å²) in [5.41, 5.74) is 0.698. The Morgan fingerprint density at radius 2 is 1.80 bits per heavy atom. The zero-order chi connectivity index (χ0) is 17.9. The predicted octanol–water partition coefficient (Wildman–Crippen LogP) is -0.132. The van der Waals surface area contributed by atoms with E-state index in [0.717, 1.165) is 15.3 Å². The predicted molar refractivity (Wildman–Crippen MR) is 90.8 cm³/mol. The number of aryl methyl sites for hydroxylation is 3. The molecule has 0 radical (unpaired) electrons. The van der Waals surface area contributed by atoms with Gasteiger partial charge in [0.1, 0.15) is 11.4 Å². The molecule has 4 aromatic rings. The van der Waals surface area contributed by atoms with E-state index in [1.165, 1.54) is 29.7 Å². The van der Waals surface area contributed by atoms with Gasteiger partial charge in [-0.25, -0.2) is 14.8 Å². The molecule has 0 aromatic carbocycles. The number of fused-ring (bicyclic) bond motifs is 2. The highest BCUT2D eigenvalue weighted by Gasteiger charge is 2.19. The molecular weight excluding hydrogens is 344 g/mol. The van der Waals surface area contributed by atoms with Gasteiger partial charge in [0.2, 0.25) is 0 Å². The molecule has 4 rings (SSSR count). The molecule has 0 unspecified atom stereocenters. The summed E-state index contributed by atoms with van der Waals surface area (Å²) in [6, 6.07) is 1.86. The Hall–Kier alpha value is -2.95. The first-order valence-corrected chi connectivity index (χ1v) is 8.18. The zero-order valence-corrected chi connectivity index (χ0v) is 14.8. The van der Waals surface area contributed by atoms with Crippen LogP contribution in [0.25, 0.3) is 16.9 Å². The minimum Gasteiger partial charge on any atom is -0.308 e. The van der Waals surface area contributed by atoms with Crippen LogP contribution in [0.3, 0.4) is 0 Å². The maximum atomic E-state index is 12.4. The molecule has 4 heterocycles. The summed E-state index contributed by atoms with van der Waals surface area (Å²) >= 11 is 1.33. The van der Waals surface area contributed by atoms with Crippen LogP contribution in [0.1, 0.15) is 5.69 Å². The van der Waals surface area contributed by atoms with Crippen molar-refractivity contribution in [3.63, 3.8) is 0 Å². The molecule has 0 saturated heterocycles. The van der Waals surface area contributed by atoms with Crippen LogP contribution in [0.5, 0.6) is 0 Å². The molecular formula is C14H14N8O2S. The van der Waals surface area contributed by atoms with Gasteiger partial charge in [-0.3, -0.25) is 13.9 Å². The van der Waals surface area contributed by atoms with Crippen LogP contribution in [-0.2, 0) is 21.1 Å². The van der Waals surface area contributed by atoms with Crippen LogP contribution in [-0.4, -0.2) is 38.3 Å². The average molecular weight is 358 g/mol. The summed E-state index contributed by atoms with van der Waals surface area (Å²) in [6.45, 7) is 1.87. The summed E-state index contributed by atoms with van der Waals surface area (Å²) in [4.78, 5) is 37.4. The number of nitrogens with zero attached hydrogens (tertiary/aromatic N) is 8. The highest BCUT2D eigenvalue weighted by Crippen LogP contribution is 2.28. The lowest BCUT2D eigenvalue weighted by atomic mass is 10.5. The molecule has 0 aliphatic heterocycles. The lowest BCUT2D eigenvalue weighted by molar-refractivity contribution is 0.690. The van der Waals surface area contributed by atoms with Crippen LogP contribution in [0.15, 0.2) is 32.2 Å². The monoisotopic (exact) mass is 358 g/mol. The molecule has 10 nitrogen and oxygen atoms in total. The first kappa shape index (κ1) is 15.6. The molecule has 11 heteroatoms. The molecule has 0 amide bonds. The van der Waals surface area contributed by atoms with Gasteiger partial charge in [0.25, 0.3) is 11.3 Å². The standard InChI is InChI=1S/C14H14N8O2S/c1-7-5-8(22-12(17-7)15-6-16-22)25-13-18-9-10(19(13)2)20(3)14(24)21(4)11(9)23/h5-6H,1-4H3. The fraction of sp³-hybridized carbons (Fsp3) is 0.286. The van der Waals surface area contributed by atoms with Crippen molar-refractivity contribution in [3.05, 3.63) is 38.9 Å². The fourth-order valence-corrected chi connectivity index (χ4v) is 3.71. The van der Waals surface area contributed by atoms with E-state index >= 15 is 0 Å². The number of hydrogen-bond donors (Lipinski definition) is 0. The van der Waals surface area contributed by atoms with Crippen molar-refractivity contribution in [3.8, 4) is 0 Å². The third-order valence-electron chi connectivity index (χ3n) is 3.97. The van der Waals surface area contributed by atoms with E-state index in [0.29, 0.717) is 16.6 Å². The third kappa shape index (κ3) is 2.19. The molecule has 0 aliphatic rings. The Balaban J connectivity index is 1.96. The smallest absolute Gasteiger partial charge is 0.308 e. The van der Waals surface area contributed by atoms with Crippen LogP contribution in [0.4, 0.5) is 0 Å². The first-order chi connectivity index (χ1) is 11.9. The lowest BCUT2D eigenvalue weighted by Crippen LogP contribution is -2.37. The van der Waals surface area contributed by atoms with E-state index in [4.69, 9.17) is 0 Å². The van der Waals surface area contributed by atoms with Crippen LogP contribution < -0.4 is 11.2 Å². The van der Waals surface area contributed by atoms with E-state index in [9.17, 15) is 9.59 Å². The fourth-order valence-electron chi connectivity index (χ4n) is 2.71. The molecule has 0 N–H and O–H groups in total. The second-order valence-electron chi connectivity index (χ2n) is 5.64. The number of imidazole rings is 1. The molecule has 0 spiro atoms. The summed E-state index contributed by atoms with van der Waals surface area (Å²) in [6.07, 6.45) is 1.43. The second-order valence-corrected chi connectivity index (χ2v) is 6.63. The highest BCUT2D eigenvalue weighted by molar-refractivity contribution is 7.99. The molecule has 0 fully saturated rings. The summed E-state index contributed by atoms with van der Waals surface area (Å²) < 4.78 is 5.79. The van der Waals surface area contributed by atoms with Crippen molar-refractivity contribution in [2.45, 2.75) is 17.1 Å². The van der Waals surface area contributed by atoms with Crippen molar-refractivity contribution in [1.29, 1.82) is 0 Å². The quantitative estimate of drug-likeness (QED) is 0.460. The van der Waals surface area contributed by atoms with Crippen LogP contribution in [0, 0.1) is 6.92 Å². The Morgan fingerprint density at radius 1 is 1.04 bits per heavy atom. The molecule has 4 aromatic heterocycles. The largest absolute Gasteiger partial charge is 0.332 e.